The van der Waals surface area contributed by atoms with Gasteiger partial charge in [0.25, 0.3) is 5.91 Å². The van der Waals surface area contributed by atoms with E-state index in [0.717, 1.165) is 17.1 Å². The highest BCUT2D eigenvalue weighted by atomic mass is 32.2. The van der Waals surface area contributed by atoms with Crippen molar-refractivity contribution in [3.05, 3.63) is 89.2 Å². The molecule has 0 bridgehead atoms. The molecule has 0 unspecified atom stereocenters. The Morgan fingerprint density at radius 2 is 1.69 bits per heavy atom. The van der Waals surface area contributed by atoms with Crippen LogP contribution in [0.1, 0.15) is 21.5 Å². The number of carbonyl (C=O) groups is 2. The zero-order valence-corrected chi connectivity index (χ0v) is 21.0. The topological polar surface area (TPSA) is 64.7 Å². The fraction of sp³-hybridized carbons (Fsp3) is 0.286. The fourth-order valence-electron chi connectivity index (χ4n) is 4.48. The summed E-state index contributed by atoms with van der Waals surface area (Å²) in [6.07, 6.45) is 0. The Bertz CT molecular complexity index is 1240. The zero-order valence-electron chi connectivity index (χ0n) is 20.2. The molecule has 0 aliphatic carbocycles. The smallest absolute Gasteiger partial charge is 0.254 e. The Morgan fingerprint density at radius 3 is 2.42 bits per heavy atom. The molecule has 0 saturated carbocycles. The molecule has 1 saturated heterocycles. The molecule has 186 valence electrons. The highest BCUT2D eigenvalue weighted by molar-refractivity contribution is 7.98. The van der Waals surface area contributed by atoms with E-state index in [2.05, 4.69) is 46.7 Å². The van der Waals surface area contributed by atoms with Crippen molar-refractivity contribution in [3.8, 4) is 0 Å². The number of hydrogen-bond donors (Lipinski definition) is 2. The molecule has 5 rings (SSSR count). The van der Waals surface area contributed by atoms with Crippen molar-refractivity contribution in [3.63, 3.8) is 0 Å². The van der Waals surface area contributed by atoms with Gasteiger partial charge < -0.3 is 20.4 Å². The van der Waals surface area contributed by atoms with Crippen LogP contribution in [0.2, 0.25) is 0 Å². The third-order valence-electron chi connectivity index (χ3n) is 6.60. The van der Waals surface area contributed by atoms with E-state index in [1.807, 2.05) is 17.0 Å². The first kappa shape index (κ1) is 24.2. The second kappa shape index (κ2) is 10.6. The maximum absolute atomic E-state index is 13.2. The molecule has 3 aromatic rings. The van der Waals surface area contributed by atoms with Crippen molar-refractivity contribution in [1.29, 1.82) is 0 Å². The van der Waals surface area contributed by atoms with E-state index in [1.54, 1.807) is 30.0 Å². The Morgan fingerprint density at radius 1 is 0.972 bits per heavy atom. The lowest BCUT2D eigenvalue weighted by Crippen LogP contribution is -2.48. The monoisotopic (exact) mass is 504 g/mol. The minimum Gasteiger partial charge on any atom is -0.371 e. The normalized spacial score (nSPS) is 17.3. The molecule has 3 aromatic carbocycles. The second-order valence-electron chi connectivity index (χ2n) is 9.20. The highest BCUT2D eigenvalue weighted by Gasteiger charge is 2.27. The van der Waals surface area contributed by atoms with Gasteiger partial charge in [0.2, 0.25) is 5.91 Å². The number of aryl methyl sites for hydroxylation is 1. The number of piperazine rings is 1. The van der Waals surface area contributed by atoms with Crippen molar-refractivity contribution in [1.82, 2.24) is 4.90 Å². The molecule has 1 atom stereocenters. The van der Waals surface area contributed by atoms with Crippen molar-refractivity contribution in [2.45, 2.75) is 18.7 Å². The molecule has 0 radical (unpaired) electrons. The number of halogens is 1. The minimum absolute atomic E-state index is 0.0541. The number of benzene rings is 3. The molecule has 6 nitrogen and oxygen atoms in total. The first-order chi connectivity index (χ1) is 17.5. The fourth-order valence-corrected chi connectivity index (χ4v) is 5.49. The summed E-state index contributed by atoms with van der Waals surface area (Å²) in [5.74, 6) is 1.10. The maximum Gasteiger partial charge on any atom is 0.254 e. The summed E-state index contributed by atoms with van der Waals surface area (Å²) in [5.41, 5.74) is 5.45. The minimum atomic E-state index is -0.325. The van der Waals surface area contributed by atoms with Crippen LogP contribution < -0.4 is 15.5 Å². The summed E-state index contributed by atoms with van der Waals surface area (Å²) >= 11 is 1.72. The molecule has 8 heteroatoms. The van der Waals surface area contributed by atoms with Gasteiger partial charge >= 0.3 is 0 Å². The van der Waals surface area contributed by atoms with Crippen molar-refractivity contribution < 1.29 is 14.0 Å². The first-order valence-corrected chi connectivity index (χ1v) is 13.3. The summed E-state index contributed by atoms with van der Waals surface area (Å²) in [7, 11) is 0. The van der Waals surface area contributed by atoms with Crippen molar-refractivity contribution in [2.75, 3.05) is 47.5 Å². The number of nitrogens with one attached hydrogen (secondary N) is 2. The van der Waals surface area contributed by atoms with E-state index in [-0.39, 0.29) is 23.7 Å². The Kier molecular flexibility index (Phi) is 7.13. The summed E-state index contributed by atoms with van der Waals surface area (Å²) in [6.45, 7) is 4.60. The van der Waals surface area contributed by atoms with Gasteiger partial charge in [-0.3, -0.25) is 9.59 Å². The molecule has 0 spiro atoms. The number of nitrogens with zero attached hydrogens (tertiary/aromatic N) is 2. The van der Waals surface area contributed by atoms with Crippen LogP contribution in [0.25, 0.3) is 0 Å². The van der Waals surface area contributed by atoms with Gasteiger partial charge in [0.05, 0.1) is 11.4 Å². The molecule has 2 heterocycles. The predicted octanol–water partition coefficient (Wildman–Crippen LogP) is 4.76. The van der Waals surface area contributed by atoms with Crippen LogP contribution in [-0.2, 0) is 10.5 Å². The number of amides is 2. The first-order valence-electron chi connectivity index (χ1n) is 12.1. The van der Waals surface area contributed by atoms with E-state index in [9.17, 15) is 14.0 Å². The molecule has 0 aromatic heterocycles. The van der Waals surface area contributed by atoms with Gasteiger partial charge in [-0.05, 0) is 55.0 Å². The summed E-state index contributed by atoms with van der Waals surface area (Å²) < 4.78 is 13.2. The Balaban J connectivity index is 1.16. The molecular weight excluding hydrogens is 475 g/mol. The number of rotatable bonds is 6. The molecule has 2 aliphatic rings. The summed E-state index contributed by atoms with van der Waals surface area (Å²) in [4.78, 5) is 29.8. The molecule has 36 heavy (non-hydrogen) atoms. The molecule has 2 aliphatic heterocycles. The van der Waals surface area contributed by atoms with Gasteiger partial charge in [-0.25, -0.2) is 4.39 Å². The average Bonchev–Trinajstić information content (AvgIpc) is 2.90. The predicted molar refractivity (Wildman–Crippen MR) is 144 cm³/mol. The van der Waals surface area contributed by atoms with E-state index in [1.165, 1.54) is 23.3 Å². The number of thioether (sulfide) groups is 1. The van der Waals surface area contributed by atoms with E-state index >= 15 is 0 Å². The van der Waals surface area contributed by atoms with Crippen LogP contribution in [0.15, 0.2) is 66.7 Å². The van der Waals surface area contributed by atoms with Crippen LogP contribution in [-0.4, -0.2) is 54.7 Å². The number of hydrogen-bond acceptors (Lipinski definition) is 5. The van der Waals surface area contributed by atoms with Crippen LogP contribution in [0, 0.1) is 12.7 Å². The number of anilines is 3. The molecule has 1 fully saturated rings. The Labute approximate surface area is 214 Å². The number of carbonyl (C=O) groups excluding carboxylic acids is 2. The standard InChI is InChI=1S/C28H29FN4O2S/c1-19-2-4-20(5-3-19)17-36-18-26-27(34)31-25-16-21(6-11-24(25)30-26)28(35)33-14-12-32(13-15-33)23-9-7-22(29)8-10-23/h2-11,16,26,30H,12-15,17-18H2,1H3,(H,31,34)/t26-/m1/s1. The third-order valence-corrected chi connectivity index (χ3v) is 7.71. The quantitative estimate of drug-likeness (QED) is 0.507. The summed E-state index contributed by atoms with van der Waals surface area (Å²) in [5, 5.41) is 6.30. The van der Waals surface area contributed by atoms with Gasteiger partial charge in [0, 0.05) is 48.9 Å². The largest absolute Gasteiger partial charge is 0.371 e. The van der Waals surface area contributed by atoms with Gasteiger partial charge in [-0.1, -0.05) is 29.8 Å². The van der Waals surface area contributed by atoms with Gasteiger partial charge in [0.15, 0.2) is 0 Å². The average molecular weight is 505 g/mol. The van der Waals surface area contributed by atoms with Crippen molar-refractivity contribution in [2.24, 2.45) is 0 Å². The molecule has 2 N–H and O–H groups in total. The van der Waals surface area contributed by atoms with Crippen LogP contribution in [0.3, 0.4) is 0 Å². The van der Waals surface area contributed by atoms with Gasteiger partial charge in [-0.2, -0.15) is 11.8 Å². The van der Waals surface area contributed by atoms with Crippen LogP contribution >= 0.6 is 11.8 Å². The lowest BCUT2D eigenvalue weighted by Gasteiger charge is -2.36. The van der Waals surface area contributed by atoms with Crippen LogP contribution in [0.5, 0.6) is 0 Å². The van der Waals surface area contributed by atoms with E-state index < -0.39 is 0 Å². The maximum atomic E-state index is 13.2. The summed E-state index contributed by atoms with van der Waals surface area (Å²) in [6, 6.07) is 20.0. The van der Waals surface area contributed by atoms with Gasteiger partial charge in [0.1, 0.15) is 11.9 Å². The zero-order chi connectivity index (χ0) is 25.1. The number of fused-ring (bicyclic) bond motifs is 1. The lowest BCUT2D eigenvalue weighted by atomic mass is 10.1. The SMILES string of the molecule is Cc1ccc(CSC[C@H]2Nc3ccc(C(=O)N4CCN(c5ccc(F)cc5)CC4)cc3NC2=O)cc1. The Hall–Kier alpha value is -3.52. The van der Waals surface area contributed by atoms with Crippen molar-refractivity contribution >= 4 is 40.6 Å². The molecule has 2 amide bonds. The van der Waals surface area contributed by atoms with Gasteiger partial charge in [-0.15, -0.1) is 0 Å². The lowest BCUT2D eigenvalue weighted by molar-refractivity contribution is -0.116. The van der Waals surface area contributed by atoms with Crippen LogP contribution in [0.4, 0.5) is 21.5 Å². The highest BCUT2D eigenvalue weighted by Crippen LogP contribution is 2.30. The molecular formula is C28H29FN4O2S. The second-order valence-corrected chi connectivity index (χ2v) is 10.2. The third kappa shape index (κ3) is 5.49. The van der Waals surface area contributed by atoms with E-state index in [0.29, 0.717) is 43.2 Å². The van der Waals surface area contributed by atoms with E-state index in [4.69, 9.17) is 0 Å².